The minimum absolute atomic E-state index is 0.0425. The molecule has 0 aliphatic carbocycles. The number of halogens is 2. The number of Topliss-reactive ketones (excluding diaryl/α,β-unsaturated/α-hetero) is 1. The number of allylic oxidation sites excluding steroid dienone is 1. The lowest BCUT2D eigenvalue weighted by Crippen LogP contribution is -2.07. The Kier molecular flexibility index (Phi) is 3.44. The van der Waals surface area contributed by atoms with Crippen LogP contribution in [0.2, 0.25) is 10.0 Å². The molecule has 0 N–H and O–H groups in total. The van der Waals surface area contributed by atoms with Crippen LogP contribution in [0.25, 0.3) is 17.0 Å². The molecular weight excluding hydrogens is 351 g/mol. The van der Waals surface area contributed by atoms with Crippen molar-refractivity contribution in [3.8, 4) is 5.75 Å². The first-order chi connectivity index (χ1) is 11.5. The molecule has 6 heteroatoms. The minimum Gasteiger partial charge on any atom is -0.463 e. The van der Waals surface area contributed by atoms with Crippen LogP contribution < -0.4 is 10.2 Å². The van der Waals surface area contributed by atoms with E-state index in [9.17, 15) is 9.59 Å². The standard InChI is InChI=1S/C18H8Cl2O4/c19-10-1-3-14-12(6-10)17(21)9(8-23-14)5-16-18(22)13-7-11(20)2-4-15(13)24-16/h1-8H/b16-5-. The van der Waals surface area contributed by atoms with Crippen LogP contribution in [-0.2, 0) is 0 Å². The number of fused-ring (bicyclic) bond motifs is 2. The van der Waals surface area contributed by atoms with E-state index in [0.29, 0.717) is 32.3 Å². The van der Waals surface area contributed by atoms with Gasteiger partial charge in [-0.25, -0.2) is 0 Å². The number of carbonyl (C=O) groups is 1. The summed E-state index contributed by atoms with van der Waals surface area (Å²) in [6.07, 6.45) is 2.65. The maximum atomic E-state index is 12.6. The highest BCUT2D eigenvalue weighted by atomic mass is 35.5. The predicted molar refractivity (Wildman–Crippen MR) is 91.9 cm³/mol. The molecule has 0 spiro atoms. The summed E-state index contributed by atoms with van der Waals surface area (Å²) in [6, 6.07) is 9.54. The average Bonchev–Trinajstić information content (AvgIpc) is 2.87. The summed E-state index contributed by atoms with van der Waals surface area (Å²) in [4.78, 5) is 24.9. The van der Waals surface area contributed by atoms with Gasteiger partial charge in [0, 0.05) is 10.0 Å². The number of carbonyl (C=O) groups excluding carboxylic acids is 1. The second-order valence-electron chi connectivity index (χ2n) is 5.24. The monoisotopic (exact) mass is 358 g/mol. The normalized spacial score (nSPS) is 14.9. The first-order valence-corrected chi connectivity index (χ1v) is 7.73. The van der Waals surface area contributed by atoms with Gasteiger partial charge in [-0.15, -0.1) is 0 Å². The minimum atomic E-state index is -0.335. The Labute approximate surface area is 145 Å². The summed E-state index contributed by atoms with van der Waals surface area (Å²) >= 11 is 11.8. The molecule has 0 saturated carbocycles. The maximum absolute atomic E-state index is 12.6. The summed E-state index contributed by atoms with van der Waals surface area (Å²) in [5.74, 6) is 0.114. The van der Waals surface area contributed by atoms with Crippen molar-refractivity contribution in [2.24, 2.45) is 0 Å². The maximum Gasteiger partial charge on any atom is 0.232 e. The molecule has 4 rings (SSSR count). The molecular formula is C18H8Cl2O4. The molecule has 0 atom stereocenters. The lowest BCUT2D eigenvalue weighted by atomic mass is 10.1. The number of hydrogen-bond donors (Lipinski definition) is 0. The number of benzene rings is 2. The molecule has 3 aromatic rings. The van der Waals surface area contributed by atoms with E-state index in [2.05, 4.69) is 0 Å². The van der Waals surface area contributed by atoms with Crippen LogP contribution in [0.15, 0.2) is 57.6 Å². The molecule has 0 fully saturated rings. The molecule has 0 saturated heterocycles. The molecule has 0 amide bonds. The van der Waals surface area contributed by atoms with E-state index in [1.165, 1.54) is 24.5 Å². The van der Waals surface area contributed by atoms with E-state index in [1.54, 1.807) is 24.3 Å². The van der Waals surface area contributed by atoms with E-state index >= 15 is 0 Å². The zero-order chi connectivity index (χ0) is 16.8. The lowest BCUT2D eigenvalue weighted by Gasteiger charge is -2.01. The molecule has 24 heavy (non-hydrogen) atoms. The van der Waals surface area contributed by atoms with Gasteiger partial charge in [-0.1, -0.05) is 23.2 Å². The fourth-order valence-electron chi connectivity index (χ4n) is 2.52. The zero-order valence-corrected chi connectivity index (χ0v) is 13.5. The summed E-state index contributed by atoms with van der Waals surface area (Å²) in [6.45, 7) is 0. The Bertz CT molecular complexity index is 1100. The third-order valence-corrected chi connectivity index (χ3v) is 4.15. The molecule has 0 bridgehead atoms. The smallest absolute Gasteiger partial charge is 0.232 e. The second-order valence-corrected chi connectivity index (χ2v) is 6.11. The van der Waals surface area contributed by atoms with Crippen molar-refractivity contribution in [1.82, 2.24) is 0 Å². The van der Waals surface area contributed by atoms with E-state index in [-0.39, 0.29) is 22.5 Å². The molecule has 0 radical (unpaired) electrons. The van der Waals surface area contributed by atoms with Gasteiger partial charge < -0.3 is 9.15 Å². The lowest BCUT2D eigenvalue weighted by molar-refractivity contribution is 0.101. The fourth-order valence-corrected chi connectivity index (χ4v) is 2.86. The Balaban J connectivity index is 1.83. The van der Waals surface area contributed by atoms with Crippen molar-refractivity contribution in [3.05, 3.63) is 79.8 Å². The van der Waals surface area contributed by atoms with Crippen molar-refractivity contribution in [3.63, 3.8) is 0 Å². The van der Waals surface area contributed by atoms with Crippen molar-refractivity contribution >= 4 is 46.0 Å². The van der Waals surface area contributed by atoms with Crippen LogP contribution in [0.3, 0.4) is 0 Å². The number of ether oxygens (including phenoxy) is 1. The topological polar surface area (TPSA) is 56.5 Å². The molecule has 2 aromatic carbocycles. The predicted octanol–water partition coefficient (Wildman–Crippen LogP) is 4.72. The summed E-state index contributed by atoms with van der Waals surface area (Å²) < 4.78 is 10.9. The fraction of sp³-hybridized carbons (Fsp3) is 0. The Morgan fingerprint density at radius 3 is 2.54 bits per heavy atom. The van der Waals surface area contributed by atoms with E-state index in [4.69, 9.17) is 32.4 Å². The van der Waals surface area contributed by atoms with Crippen LogP contribution in [0.5, 0.6) is 5.75 Å². The number of rotatable bonds is 1. The van der Waals surface area contributed by atoms with Crippen molar-refractivity contribution in [1.29, 1.82) is 0 Å². The number of hydrogen-bond acceptors (Lipinski definition) is 4. The van der Waals surface area contributed by atoms with Gasteiger partial charge in [0.15, 0.2) is 11.2 Å². The molecule has 1 aromatic heterocycles. The second kappa shape index (κ2) is 5.51. The Morgan fingerprint density at radius 1 is 0.958 bits per heavy atom. The third-order valence-electron chi connectivity index (χ3n) is 3.68. The Hall–Kier alpha value is -2.56. The van der Waals surface area contributed by atoms with Gasteiger partial charge in [0.2, 0.25) is 5.78 Å². The molecule has 0 unspecified atom stereocenters. The highest BCUT2D eigenvalue weighted by molar-refractivity contribution is 6.31. The first-order valence-electron chi connectivity index (χ1n) is 6.98. The van der Waals surface area contributed by atoms with Gasteiger partial charge in [-0.2, -0.15) is 0 Å². The van der Waals surface area contributed by atoms with Crippen molar-refractivity contribution in [2.45, 2.75) is 0 Å². The average molecular weight is 359 g/mol. The molecule has 2 heterocycles. The molecule has 1 aliphatic rings. The highest BCUT2D eigenvalue weighted by Crippen LogP contribution is 2.33. The van der Waals surface area contributed by atoms with Crippen LogP contribution in [0.4, 0.5) is 0 Å². The van der Waals surface area contributed by atoms with Crippen LogP contribution in [0, 0.1) is 0 Å². The van der Waals surface area contributed by atoms with Gasteiger partial charge in [0.1, 0.15) is 17.6 Å². The highest BCUT2D eigenvalue weighted by Gasteiger charge is 2.27. The van der Waals surface area contributed by atoms with Gasteiger partial charge in [0.05, 0.1) is 16.5 Å². The van der Waals surface area contributed by atoms with Crippen molar-refractivity contribution < 1.29 is 13.9 Å². The molecule has 118 valence electrons. The van der Waals surface area contributed by atoms with Gasteiger partial charge in [-0.05, 0) is 42.5 Å². The molecule has 4 nitrogen and oxygen atoms in total. The van der Waals surface area contributed by atoms with Crippen LogP contribution >= 0.6 is 23.2 Å². The van der Waals surface area contributed by atoms with E-state index < -0.39 is 0 Å². The summed E-state index contributed by atoms with van der Waals surface area (Å²) in [5, 5.41) is 1.20. The largest absolute Gasteiger partial charge is 0.463 e. The zero-order valence-electron chi connectivity index (χ0n) is 12.0. The quantitative estimate of drug-likeness (QED) is 0.590. The van der Waals surface area contributed by atoms with Gasteiger partial charge in [0.25, 0.3) is 0 Å². The molecule has 1 aliphatic heterocycles. The third kappa shape index (κ3) is 2.40. The van der Waals surface area contributed by atoms with Gasteiger partial charge in [-0.3, -0.25) is 9.59 Å². The summed E-state index contributed by atoms with van der Waals surface area (Å²) in [7, 11) is 0. The van der Waals surface area contributed by atoms with E-state index in [0.717, 1.165) is 0 Å². The van der Waals surface area contributed by atoms with Crippen LogP contribution in [-0.4, -0.2) is 5.78 Å². The SMILES string of the molecule is O=C1/C(=C/c2coc3ccc(Cl)cc3c2=O)Oc2ccc(Cl)cc21. The number of ketones is 1. The summed E-state index contributed by atoms with van der Waals surface area (Å²) in [5.41, 5.74) is 0.686. The first kappa shape index (κ1) is 15.0. The van der Waals surface area contributed by atoms with Crippen molar-refractivity contribution in [2.75, 3.05) is 0 Å². The Morgan fingerprint density at radius 2 is 1.71 bits per heavy atom. The van der Waals surface area contributed by atoms with Crippen LogP contribution in [0.1, 0.15) is 15.9 Å². The van der Waals surface area contributed by atoms with E-state index in [1.807, 2.05) is 0 Å². The van der Waals surface area contributed by atoms with Gasteiger partial charge >= 0.3 is 0 Å².